The summed E-state index contributed by atoms with van der Waals surface area (Å²) in [6.07, 6.45) is 3.32. The van der Waals surface area contributed by atoms with Gasteiger partial charge in [0.05, 0.1) is 16.1 Å². The monoisotopic (exact) mass is 359 g/mol. The Morgan fingerprint density at radius 2 is 2.20 bits per heavy atom. The number of ether oxygens (including phenoxy) is 1. The summed E-state index contributed by atoms with van der Waals surface area (Å²) < 4.78 is 5.50. The Hall–Kier alpha value is -2.19. The minimum absolute atomic E-state index is 0.186. The fourth-order valence-electron chi connectivity index (χ4n) is 3.38. The highest BCUT2D eigenvalue weighted by Gasteiger charge is 2.29. The van der Waals surface area contributed by atoms with Gasteiger partial charge >= 0.3 is 6.09 Å². The second-order valence-corrected chi connectivity index (χ2v) is 7.87. The number of H-pyrrole nitrogens is 1. The van der Waals surface area contributed by atoms with Crippen molar-refractivity contribution in [1.82, 2.24) is 9.88 Å². The number of benzene rings is 1. The normalized spacial score (nSPS) is 18.2. The summed E-state index contributed by atoms with van der Waals surface area (Å²) in [4.78, 5) is 17.3. The van der Waals surface area contributed by atoms with Gasteiger partial charge in [0.1, 0.15) is 11.7 Å². The molecule has 2 aromatic rings. The lowest BCUT2D eigenvalue weighted by Gasteiger charge is -2.34. The molecule has 1 N–H and O–H groups in total. The third-order valence-electron chi connectivity index (χ3n) is 4.45. The van der Waals surface area contributed by atoms with Gasteiger partial charge in [-0.25, -0.2) is 4.79 Å². The predicted octanol–water partition coefficient (Wildman–Crippen LogP) is 4.81. The van der Waals surface area contributed by atoms with Crippen molar-refractivity contribution < 1.29 is 9.53 Å². The molecule has 1 aliphatic heterocycles. The molecule has 5 nitrogen and oxygen atoms in total. The van der Waals surface area contributed by atoms with E-state index in [1.165, 1.54) is 0 Å². The summed E-state index contributed by atoms with van der Waals surface area (Å²) in [6.45, 7) is 6.93. The van der Waals surface area contributed by atoms with Crippen LogP contribution < -0.4 is 0 Å². The van der Waals surface area contributed by atoms with E-state index in [-0.39, 0.29) is 12.0 Å². The standard InChI is InChI=1S/C19H22ClN3O2/c1-19(2,3)25-18(24)23-8-4-5-12(11-23)14-6-7-15(20)16-13(9-21)10-22-17(14)16/h6-7,10,12,22H,4-5,8,11H2,1-3H3. The molecule has 1 fully saturated rings. The smallest absolute Gasteiger partial charge is 0.410 e. The van der Waals surface area contributed by atoms with Crippen LogP contribution in [0.3, 0.4) is 0 Å². The van der Waals surface area contributed by atoms with Gasteiger partial charge < -0.3 is 14.6 Å². The number of carbonyl (C=O) groups is 1. The third kappa shape index (κ3) is 3.59. The number of aromatic amines is 1. The molecule has 0 aliphatic carbocycles. The number of hydrogen-bond acceptors (Lipinski definition) is 3. The summed E-state index contributed by atoms with van der Waals surface area (Å²) in [5.74, 6) is 0.186. The summed E-state index contributed by atoms with van der Waals surface area (Å²) in [7, 11) is 0. The van der Waals surface area contributed by atoms with Crippen LogP contribution in [0.4, 0.5) is 4.79 Å². The van der Waals surface area contributed by atoms with Gasteiger partial charge in [0.15, 0.2) is 0 Å². The number of likely N-dealkylation sites (tertiary alicyclic amines) is 1. The molecule has 2 heterocycles. The van der Waals surface area contributed by atoms with Crippen LogP contribution >= 0.6 is 11.6 Å². The van der Waals surface area contributed by atoms with Crippen LogP contribution in [0.5, 0.6) is 0 Å². The first-order valence-electron chi connectivity index (χ1n) is 8.47. The van der Waals surface area contributed by atoms with Crippen LogP contribution in [0.1, 0.15) is 50.7 Å². The van der Waals surface area contributed by atoms with Gasteiger partial charge in [-0.15, -0.1) is 0 Å². The Balaban J connectivity index is 1.89. The molecule has 0 saturated carbocycles. The Bertz CT molecular complexity index is 845. The van der Waals surface area contributed by atoms with Crippen molar-refractivity contribution in [2.45, 2.75) is 45.1 Å². The molecular formula is C19H22ClN3O2. The minimum Gasteiger partial charge on any atom is -0.444 e. The lowest BCUT2D eigenvalue weighted by Crippen LogP contribution is -2.42. The predicted molar refractivity (Wildman–Crippen MR) is 97.8 cm³/mol. The Kier molecular flexibility index (Phi) is 4.66. The molecule has 25 heavy (non-hydrogen) atoms. The zero-order valence-electron chi connectivity index (χ0n) is 14.7. The van der Waals surface area contributed by atoms with E-state index in [2.05, 4.69) is 11.1 Å². The molecule has 1 aliphatic rings. The third-order valence-corrected chi connectivity index (χ3v) is 4.77. The number of carbonyl (C=O) groups excluding carboxylic acids is 1. The SMILES string of the molecule is CC(C)(C)OC(=O)N1CCCC(c2ccc(Cl)c3c(C#N)c[nH]c23)C1. The molecule has 0 spiro atoms. The topological polar surface area (TPSA) is 69.1 Å². The molecule has 1 amide bonds. The molecule has 1 unspecified atom stereocenters. The quantitative estimate of drug-likeness (QED) is 0.794. The highest BCUT2D eigenvalue weighted by molar-refractivity contribution is 6.36. The Labute approximate surface area is 152 Å². The van der Waals surface area contributed by atoms with Gasteiger partial charge in [0.2, 0.25) is 0 Å². The van der Waals surface area contributed by atoms with Crippen LogP contribution in [0.25, 0.3) is 10.9 Å². The van der Waals surface area contributed by atoms with E-state index >= 15 is 0 Å². The van der Waals surface area contributed by atoms with Crippen molar-refractivity contribution in [3.63, 3.8) is 0 Å². The van der Waals surface area contributed by atoms with E-state index in [0.717, 1.165) is 29.3 Å². The molecular weight excluding hydrogens is 338 g/mol. The summed E-state index contributed by atoms with van der Waals surface area (Å²) >= 11 is 6.29. The number of fused-ring (bicyclic) bond motifs is 1. The van der Waals surface area contributed by atoms with E-state index in [4.69, 9.17) is 16.3 Å². The number of aromatic nitrogens is 1. The first-order chi connectivity index (χ1) is 11.8. The fraction of sp³-hybridized carbons (Fsp3) is 0.474. The number of nitrogens with one attached hydrogen (secondary N) is 1. The zero-order chi connectivity index (χ0) is 18.2. The van der Waals surface area contributed by atoms with Crippen molar-refractivity contribution in [2.75, 3.05) is 13.1 Å². The molecule has 1 saturated heterocycles. The van der Waals surface area contributed by atoms with Crippen LogP contribution in [0.15, 0.2) is 18.3 Å². The van der Waals surface area contributed by atoms with Crippen LogP contribution in [-0.4, -0.2) is 34.7 Å². The van der Waals surface area contributed by atoms with Crippen LogP contribution in [-0.2, 0) is 4.74 Å². The molecule has 1 aromatic heterocycles. The number of nitrogens with zero attached hydrogens (tertiary/aromatic N) is 2. The molecule has 0 bridgehead atoms. The maximum Gasteiger partial charge on any atom is 0.410 e. The molecule has 3 rings (SSSR count). The number of piperidine rings is 1. The second-order valence-electron chi connectivity index (χ2n) is 7.47. The number of halogens is 1. The van der Waals surface area contributed by atoms with Crippen molar-refractivity contribution in [3.8, 4) is 6.07 Å². The van der Waals surface area contributed by atoms with Gasteiger partial charge in [0, 0.05) is 30.6 Å². The number of amides is 1. The number of hydrogen-bond donors (Lipinski definition) is 1. The lowest BCUT2D eigenvalue weighted by molar-refractivity contribution is 0.0198. The maximum absolute atomic E-state index is 12.4. The Morgan fingerprint density at radius 3 is 2.88 bits per heavy atom. The molecule has 0 radical (unpaired) electrons. The van der Waals surface area contributed by atoms with Gasteiger partial charge in [-0.1, -0.05) is 17.7 Å². The largest absolute Gasteiger partial charge is 0.444 e. The lowest BCUT2D eigenvalue weighted by atomic mass is 9.89. The summed E-state index contributed by atoms with van der Waals surface area (Å²) in [5, 5.41) is 10.6. The number of nitriles is 1. The second kappa shape index (κ2) is 6.61. The average Bonchev–Trinajstić information content (AvgIpc) is 2.99. The minimum atomic E-state index is -0.501. The first kappa shape index (κ1) is 17.6. The van der Waals surface area contributed by atoms with Crippen molar-refractivity contribution >= 4 is 28.6 Å². The van der Waals surface area contributed by atoms with E-state index in [1.54, 1.807) is 11.1 Å². The van der Waals surface area contributed by atoms with Gasteiger partial charge in [-0.05, 0) is 45.2 Å². The highest BCUT2D eigenvalue weighted by Crippen LogP contribution is 2.36. The van der Waals surface area contributed by atoms with Crippen molar-refractivity contribution in [2.24, 2.45) is 0 Å². The van der Waals surface area contributed by atoms with Crippen molar-refractivity contribution in [1.29, 1.82) is 5.26 Å². The maximum atomic E-state index is 12.4. The number of rotatable bonds is 1. The molecule has 132 valence electrons. The van der Waals surface area contributed by atoms with Crippen LogP contribution in [0.2, 0.25) is 5.02 Å². The molecule has 1 atom stereocenters. The van der Waals surface area contributed by atoms with Gasteiger partial charge in [-0.2, -0.15) is 5.26 Å². The Morgan fingerprint density at radius 1 is 1.44 bits per heavy atom. The summed E-state index contributed by atoms with van der Waals surface area (Å²) in [6, 6.07) is 6.00. The zero-order valence-corrected chi connectivity index (χ0v) is 15.5. The fourth-order valence-corrected chi connectivity index (χ4v) is 3.64. The van der Waals surface area contributed by atoms with Crippen molar-refractivity contribution in [3.05, 3.63) is 34.5 Å². The average molecular weight is 360 g/mol. The molecule has 6 heteroatoms. The van der Waals surface area contributed by atoms with E-state index in [1.807, 2.05) is 32.9 Å². The molecule has 1 aromatic carbocycles. The van der Waals surface area contributed by atoms with Gasteiger partial charge in [-0.3, -0.25) is 0 Å². The highest BCUT2D eigenvalue weighted by atomic mass is 35.5. The van der Waals surface area contributed by atoms with E-state index in [9.17, 15) is 10.1 Å². The van der Waals surface area contributed by atoms with E-state index < -0.39 is 5.60 Å². The van der Waals surface area contributed by atoms with E-state index in [0.29, 0.717) is 23.7 Å². The summed E-state index contributed by atoms with van der Waals surface area (Å²) in [5.41, 5.74) is 2.02. The van der Waals surface area contributed by atoms with Crippen LogP contribution in [0, 0.1) is 11.3 Å². The van der Waals surface area contributed by atoms with Gasteiger partial charge in [0.25, 0.3) is 0 Å². The first-order valence-corrected chi connectivity index (χ1v) is 8.85.